The van der Waals surface area contributed by atoms with Crippen molar-refractivity contribution < 1.29 is 19.4 Å². The predicted molar refractivity (Wildman–Crippen MR) is 141 cm³/mol. The van der Waals surface area contributed by atoms with E-state index < -0.39 is 12.6 Å². The number of nitrogens with zero attached hydrogens (tertiary/aromatic N) is 4. The number of nitrogens with one attached hydrogen (secondary N) is 1. The quantitative estimate of drug-likeness (QED) is 0.238. The van der Waals surface area contributed by atoms with Gasteiger partial charge in [-0.15, -0.1) is 0 Å². The molecule has 9 heteroatoms. The molecule has 1 aliphatic heterocycles. The molecule has 0 radical (unpaired) electrons. The predicted octanol–water partition coefficient (Wildman–Crippen LogP) is 3.03. The molecule has 1 fully saturated rings. The number of amides is 1. The van der Waals surface area contributed by atoms with E-state index in [1.807, 2.05) is 41.1 Å². The Bertz CT molecular complexity index is 1440. The molecule has 0 saturated carbocycles. The van der Waals surface area contributed by atoms with Gasteiger partial charge in [-0.3, -0.25) is 9.69 Å². The number of hydrogen-bond donors (Lipinski definition) is 3. The number of aryl methyl sites for hydroxylation is 1. The molecule has 2 aromatic heterocycles. The van der Waals surface area contributed by atoms with Crippen molar-refractivity contribution in [2.75, 3.05) is 44.4 Å². The van der Waals surface area contributed by atoms with Crippen LogP contribution in [0.5, 0.6) is 0 Å². The highest BCUT2D eigenvalue weighted by atomic mass is 16.3. The van der Waals surface area contributed by atoms with Crippen LogP contribution in [0.1, 0.15) is 34.5 Å². The summed E-state index contributed by atoms with van der Waals surface area (Å²) in [6, 6.07) is 15.5. The van der Waals surface area contributed by atoms with Gasteiger partial charge in [0.1, 0.15) is 19.0 Å². The molecule has 9 nitrogen and oxygen atoms in total. The Morgan fingerprint density at radius 1 is 1.05 bits per heavy atom. The first kappa shape index (κ1) is 24.8. The number of nitriles is 1. The summed E-state index contributed by atoms with van der Waals surface area (Å²) in [5, 5.41) is 32.1. The van der Waals surface area contributed by atoms with E-state index in [1.54, 1.807) is 12.1 Å². The summed E-state index contributed by atoms with van der Waals surface area (Å²) in [5.74, 6) is -0.239. The molecule has 0 bridgehead atoms. The second-order valence-corrected chi connectivity index (χ2v) is 9.39. The van der Waals surface area contributed by atoms with Gasteiger partial charge in [0.15, 0.2) is 5.76 Å². The van der Waals surface area contributed by atoms with Crippen LogP contribution in [0.25, 0.3) is 21.9 Å². The molecular weight excluding hydrogens is 470 g/mol. The molecule has 0 unspecified atom stereocenters. The molecule has 1 aliphatic rings. The van der Waals surface area contributed by atoms with Gasteiger partial charge in [-0.05, 0) is 73.8 Å². The number of fused-ring (bicyclic) bond motifs is 2. The molecular formula is C28H31N5O4. The smallest absolute Gasteiger partial charge is 0.288 e. The second-order valence-electron chi connectivity index (χ2n) is 9.39. The minimum absolute atomic E-state index is 0.0690. The maximum atomic E-state index is 11.9. The normalized spacial score (nSPS) is 14.4. The van der Waals surface area contributed by atoms with Gasteiger partial charge in [-0.25, -0.2) is 0 Å². The lowest BCUT2D eigenvalue weighted by molar-refractivity contribution is 0.0884. The molecule has 37 heavy (non-hydrogen) atoms. The molecule has 1 saturated heterocycles. The van der Waals surface area contributed by atoms with Crippen molar-refractivity contribution in [3.8, 4) is 6.07 Å². The summed E-state index contributed by atoms with van der Waals surface area (Å²) in [4.78, 5) is 16.8. The highest BCUT2D eigenvalue weighted by Gasteiger charge is 2.19. The number of carbonyl (C=O) groups is 1. The van der Waals surface area contributed by atoms with Crippen LogP contribution in [-0.2, 0) is 13.2 Å². The molecule has 192 valence electrons. The number of anilines is 1. The Hall–Kier alpha value is -3.84. The van der Waals surface area contributed by atoms with E-state index >= 15 is 0 Å². The van der Waals surface area contributed by atoms with Crippen LogP contribution in [0.3, 0.4) is 0 Å². The molecule has 3 N–H and O–H groups in total. The lowest BCUT2D eigenvalue weighted by Gasteiger charge is -2.36. The van der Waals surface area contributed by atoms with E-state index in [1.165, 1.54) is 5.56 Å². The van der Waals surface area contributed by atoms with E-state index in [2.05, 4.69) is 21.2 Å². The van der Waals surface area contributed by atoms with Crippen molar-refractivity contribution in [1.29, 1.82) is 5.26 Å². The third kappa shape index (κ3) is 5.32. The maximum absolute atomic E-state index is 11.9. The van der Waals surface area contributed by atoms with Gasteiger partial charge >= 0.3 is 0 Å². The zero-order valence-electron chi connectivity index (χ0n) is 20.7. The van der Waals surface area contributed by atoms with E-state index in [0.29, 0.717) is 11.1 Å². The zero-order valence-corrected chi connectivity index (χ0v) is 20.7. The lowest BCUT2D eigenvalue weighted by Crippen LogP contribution is -2.46. The maximum Gasteiger partial charge on any atom is 0.288 e. The molecule has 0 spiro atoms. The van der Waals surface area contributed by atoms with Crippen LogP contribution >= 0.6 is 0 Å². The lowest BCUT2D eigenvalue weighted by atomic mass is 10.0. The Balaban J connectivity index is 1.12. The molecule has 3 heterocycles. The van der Waals surface area contributed by atoms with Crippen LogP contribution in [0.15, 0.2) is 53.1 Å². The fraction of sp³-hybridized carbons (Fsp3) is 0.357. The van der Waals surface area contributed by atoms with Crippen LogP contribution in [-0.4, -0.2) is 65.0 Å². The summed E-state index contributed by atoms with van der Waals surface area (Å²) in [5.41, 5.74) is 4.54. The number of carbonyl (C=O) groups excluding carboxylic acids is 1. The van der Waals surface area contributed by atoms with E-state index in [0.717, 1.165) is 74.0 Å². The number of aliphatic hydroxyl groups is 2. The summed E-state index contributed by atoms with van der Waals surface area (Å²) < 4.78 is 7.42. The standard InChI is InChI=1S/C28H31N5O4/c29-16-20-4-6-25-24(13-20)21(17-33(25)19-35)3-1-2-8-31-9-11-32(12-10-31)23-5-7-26-22(14-23)15-27(37-26)28(36)30-18-34/h4-7,13-15,17,34-35H,1-3,8-12,18-19H2,(H,30,36). The first-order chi connectivity index (χ1) is 18.1. The van der Waals surface area contributed by atoms with Crippen molar-refractivity contribution in [2.24, 2.45) is 0 Å². The van der Waals surface area contributed by atoms with Gasteiger partial charge in [-0.2, -0.15) is 5.26 Å². The average molecular weight is 502 g/mol. The Labute approximate surface area is 215 Å². The van der Waals surface area contributed by atoms with Gasteiger partial charge < -0.3 is 29.4 Å². The summed E-state index contributed by atoms with van der Waals surface area (Å²) in [6.45, 7) is 4.39. The number of aromatic nitrogens is 1. The first-order valence-corrected chi connectivity index (χ1v) is 12.6. The minimum Gasteiger partial charge on any atom is -0.451 e. The number of unbranched alkanes of at least 4 members (excludes halogenated alkanes) is 1. The third-order valence-electron chi connectivity index (χ3n) is 7.12. The molecule has 1 amide bonds. The summed E-state index contributed by atoms with van der Waals surface area (Å²) >= 11 is 0. The van der Waals surface area contributed by atoms with E-state index in [4.69, 9.17) is 9.52 Å². The average Bonchev–Trinajstić information content (AvgIpc) is 3.52. The molecule has 5 rings (SSSR count). The SMILES string of the molecule is N#Cc1ccc2c(c1)c(CCCCN1CCN(c3ccc4oc(C(=O)NCO)cc4c3)CC1)cn2CO. The van der Waals surface area contributed by atoms with Gasteiger partial charge in [0.05, 0.1) is 17.1 Å². The van der Waals surface area contributed by atoms with Crippen molar-refractivity contribution in [3.05, 3.63) is 65.5 Å². The zero-order chi connectivity index (χ0) is 25.8. The summed E-state index contributed by atoms with van der Waals surface area (Å²) in [7, 11) is 0. The van der Waals surface area contributed by atoms with Crippen molar-refractivity contribution >= 4 is 33.5 Å². The Kier molecular flexibility index (Phi) is 7.42. The topological polar surface area (TPSA) is 118 Å². The number of furan rings is 1. The van der Waals surface area contributed by atoms with Gasteiger partial charge in [0.25, 0.3) is 5.91 Å². The fourth-order valence-corrected chi connectivity index (χ4v) is 5.14. The number of rotatable bonds is 9. The third-order valence-corrected chi connectivity index (χ3v) is 7.12. The van der Waals surface area contributed by atoms with Gasteiger partial charge in [0, 0.05) is 48.8 Å². The van der Waals surface area contributed by atoms with Crippen LogP contribution in [0.2, 0.25) is 0 Å². The number of piperazine rings is 1. The van der Waals surface area contributed by atoms with Crippen LogP contribution in [0.4, 0.5) is 5.69 Å². The Morgan fingerprint density at radius 3 is 2.65 bits per heavy atom. The van der Waals surface area contributed by atoms with Crippen molar-refractivity contribution in [1.82, 2.24) is 14.8 Å². The number of benzene rings is 2. The van der Waals surface area contributed by atoms with Gasteiger partial charge in [-0.1, -0.05) is 0 Å². The van der Waals surface area contributed by atoms with Crippen molar-refractivity contribution in [2.45, 2.75) is 26.0 Å². The van der Waals surface area contributed by atoms with E-state index in [9.17, 15) is 15.2 Å². The van der Waals surface area contributed by atoms with E-state index in [-0.39, 0.29) is 12.5 Å². The second kappa shape index (κ2) is 11.0. The number of aliphatic hydroxyl groups excluding tert-OH is 2. The minimum atomic E-state index is -0.431. The molecule has 2 aromatic carbocycles. The number of hydrogen-bond acceptors (Lipinski definition) is 7. The molecule has 0 atom stereocenters. The van der Waals surface area contributed by atoms with Crippen LogP contribution in [0, 0.1) is 11.3 Å². The Morgan fingerprint density at radius 2 is 1.89 bits per heavy atom. The van der Waals surface area contributed by atoms with Crippen molar-refractivity contribution in [3.63, 3.8) is 0 Å². The summed E-state index contributed by atoms with van der Waals surface area (Å²) in [6.07, 6.45) is 5.05. The molecule has 4 aromatic rings. The highest BCUT2D eigenvalue weighted by Crippen LogP contribution is 2.27. The largest absolute Gasteiger partial charge is 0.451 e. The van der Waals surface area contributed by atoms with Gasteiger partial charge in [0.2, 0.25) is 0 Å². The monoisotopic (exact) mass is 501 g/mol. The molecule has 0 aliphatic carbocycles. The van der Waals surface area contributed by atoms with Crippen LogP contribution < -0.4 is 10.2 Å². The first-order valence-electron chi connectivity index (χ1n) is 12.6. The highest BCUT2D eigenvalue weighted by molar-refractivity contribution is 5.96. The fourth-order valence-electron chi connectivity index (χ4n) is 5.14.